The van der Waals surface area contributed by atoms with Crippen molar-refractivity contribution >= 4 is 21.6 Å². The Morgan fingerprint density at radius 2 is 1.67 bits per heavy atom. The summed E-state index contributed by atoms with van der Waals surface area (Å²) in [4.78, 5) is 15.2. The van der Waals surface area contributed by atoms with Crippen LogP contribution in [-0.2, 0) is 9.84 Å². The molecule has 0 spiro atoms. The molecule has 2 saturated heterocycles. The predicted molar refractivity (Wildman–Crippen MR) is 114 cm³/mol. The second-order valence-electron chi connectivity index (χ2n) is 7.74. The first-order chi connectivity index (χ1) is 14.4. The van der Waals surface area contributed by atoms with Crippen LogP contribution in [0.15, 0.2) is 53.4 Å². The molecule has 7 nitrogen and oxygen atoms in total. The molecule has 2 aliphatic rings. The van der Waals surface area contributed by atoms with Crippen molar-refractivity contribution in [1.82, 2.24) is 4.90 Å². The molecular formula is C22H26N2O5S. The number of methoxy groups -OCH3 is 2. The molecule has 0 aliphatic carbocycles. The predicted octanol–water partition coefficient (Wildman–Crippen LogP) is 3.71. The molecule has 0 radical (unpaired) electrons. The fraction of sp³-hybridized carbons (Fsp3) is 0.409. The van der Waals surface area contributed by atoms with Crippen molar-refractivity contribution in [2.45, 2.75) is 47.9 Å². The molecule has 2 fully saturated rings. The molecule has 0 saturated carbocycles. The number of benzene rings is 2. The van der Waals surface area contributed by atoms with Gasteiger partial charge in [0.25, 0.3) is 0 Å². The Hall–Kier alpha value is -2.74. The summed E-state index contributed by atoms with van der Waals surface area (Å²) >= 11 is 0. The average Bonchev–Trinajstić information content (AvgIpc) is 3.03. The maximum absolute atomic E-state index is 13.1. The second-order valence-corrected chi connectivity index (χ2v) is 9.97. The van der Waals surface area contributed by atoms with Crippen LogP contribution in [0.5, 0.6) is 11.5 Å². The number of nitrogens with zero attached hydrogens (tertiary/aromatic N) is 1. The highest BCUT2D eigenvalue weighted by atomic mass is 32.2. The Morgan fingerprint density at radius 1 is 1.00 bits per heavy atom. The SMILES string of the molecule is COc1ccc(NC(=O)N2C3CCC2CC(S(=O)(=O)c2ccccc2)C3)c(OC)c1. The zero-order valence-corrected chi connectivity index (χ0v) is 17.9. The number of piperidine rings is 1. The van der Waals surface area contributed by atoms with Crippen molar-refractivity contribution in [3.8, 4) is 11.5 Å². The van der Waals surface area contributed by atoms with Gasteiger partial charge < -0.3 is 19.7 Å². The minimum absolute atomic E-state index is 0.0866. The van der Waals surface area contributed by atoms with Crippen molar-refractivity contribution in [2.24, 2.45) is 0 Å². The largest absolute Gasteiger partial charge is 0.497 e. The van der Waals surface area contributed by atoms with E-state index >= 15 is 0 Å². The van der Waals surface area contributed by atoms with Gasteiger partial charge in [0.15, 0.2) is 9.84 Å². The number of nitrogens with one attached hydrogen (secondary N) is 1. The lowest BCUT2D eigenvalue weighted by Gasteiger charge is -2.38. The lowest BCUT2D eigenvalue weighted by Crippen LogP contribution is -2.51. The third kappa shape index (κ3) is 3.71. The van der Waals surface area contributed by atoms with Crippen LogP contribution in [0.1, 0.15) is 25.7 Å². The first kappa shape index (κ1) is 20.5. The second kappa shape index (κ2) is 8.18. The smallest absolute Gasteiger partial charge is 0.322 e. The standard InChI is InChI=1S/C22H26N2O5S/c1-28-17-10-11-20(21(14-17)29-2)23-22(25)24-15-8-9-16(24)13-19(12-15)30(26,27)18-6-4-3-5-7-18/h3-7,10-11,14-16,19H,8-9,12-13H2,1-2H3,(H,23,25). The van der Waals surface area contributed by atoms with Gasteiger partial charge in [-0.05, 0) is 49.9 Å². The first-order valence-corrected chi connectivity index (χ1v) is 11.6. The number of hydrogen-bond donors (Lipinski definition) is 1. The lowest BCUT2D eigenvalue weighted by molar-refractivity contribution is 0.159. The molecule has 2 bridgehead atoms. The molecule has 0 aromatic heterocycles. The minimum Gasteiger partial charge on any atom is -0.497 e. The third-order valence-corrected chi connectivity index (χ3v) is 8.28. The van der Waals surface area contributed by atoms with E-state index in [0.717, 1.165) is 12.8 Å². The van der Waals surface area contributed by atoms with Gasteiger partial charge in [0.1, 0.15) is 11.5 Å². The molecule has 2 aromatic carbocycles. The normalized spacial score (nSPS) is 23.1. The van der Waals surface area contributed by atoms with Crippen LogP contribution in [0.25, 0.3) is 0 Å². The number of fused-ring (bicyclic) bond motifs is 2. The third-order valence-electron chi connectivity index (χ3n) is 6.09. The summed E-state index contributed by atoms with van der Waals surface area (Å²) in [6.07, 6.45) is 2.55. The number of urea groups is 1. The van der Waals surface area contributed by atoms with Gasteiger partial charge in [0.05, 0.1) is 30.1 Å². The number of carbonyl (C=O) groups excluding carboxylic acids is 1. The zero-order valence-electron chi connectivity index (χ0n) is 17.1. The van der Waals surface area contributed by atoms with E-state index in [1.807, 2.05) is 11.0 Å². The number of rotatable bonds is 5. The summed E-state index contributed by atoms with van der Waals surface area (Å²) in [6.45, 7) is 0. The molecule has 4 rings (SSSR count). The van der Waals surface area contributed by atoms with E-state index in [2.05, 4.69) is 5.32 Å². The van der Waals surface area contributed by atoms with E-state index in [1.54, 1.807) is 49.6 Å². The first-order valence-electron chi connectivity index (χ1n) is 10.0. The molecule has 2 heterocycles. The number of amides is 2. The van der Waals surface area contributed by atoms with Gasteiger partial charge in [-0.2, -0.15) is 0 Å². The van der Waals surface area contributed by atoms with Gasteiger partial charge in [-0.15, -0.1) is 0 Å². The van der Waals surface area contributed by atoms with Crippen LogP contribution in [0.4, 0.5) is 10.5 Å². The van der Waals surface area contributed by atoms with Crippen molar-refractivity contribution in [2.75, 3.05) is 19.5 Å². The van der Waals surface area contributed by atoms with Gasteiger partial charge in [-0.1, -0.05) is 18.2 Å². The molecule has 2 amide bonds. The van der Waals surface area contributed by atoms with Crippen LogP contribution in [-0.4, -0.2) is 50.9 Å². The van der Waals surface area contributed by atoms with Crippen LogP contribution >= 0.6 is 0 Å². The van der Waals surface area contributed by atoms with Crippen molar-refractivity contribution in [3.63, 3.8) is 0 Å². The van der Waals surface area contributed by atoms with E-state index in [0.29, 0.717) is 34.9 Å². The summed E-state index contributed by atoms with van der Waals surface area (Å²) in [5.74, 6) is 1.15. The lowest BCUT2D eigenvalue weighted by atomic mass is 10.0. The van der Waals surface area contributed by atoms with Gasteiger partial charge >= 0.3 is 6.03 Å². The Kier molecular flexibility index (Phi) is 5.60. The van der Waals surface area contributed by atoms with E-state index in [4.69, 9.17) is 9.47 Å². The Balaban J connectivity index is 1.50. The Labute approximate surface area is 176 Å². The highest BCUT2D eigenvalue weighted by Gasteiger charge is 2.47. The Morgan fingerprint density at radius 3 is 2.27 bits per heavy atom. The van der Waals surface area contributed by atoms with Gasteiger partial charge in [-0.3, -0.25) is 0 Å². The average molecular weight is 431 g/mol. The quantitative estimate of drug-likeness (QED) is 0.782. The number of sulfone groups is 1. The van der Waals surface area contributed by atoms with Crippen LogP contribution in [0.3, 0.4) is 0 Å². The van der Waals surface area contributed by atoms with Gasteiger partial charge in [0.2, 0.25) is 0 Å². The summed E-state index contributed by atoms with van der Waals surface area (Å²) in [7, 11) is -0.303. The monoisotopic (exact) mass is 430 g/mol. The fourth-order valence-corrected chi connectivity index (χ4v) is 6.47. The molecule has 30 heavy (non-hydrogen) atoms. The van der Waals surface area contributed by atoms with Crippen LogP contribution < -0.4 is 14.8 Å². The van der Waals surface area contributed by atoms with Crippen molar-refractivity contribution in [3.05, 3.63) is 48.5 Å². The number of hydrogen-bond acceptors (Lipinski definition) is 5. The summed E-state index contributed by atoms with van der Waals surface area (Å²) in [6, 6.07) is 13.4. The highest BCUT2D eigenvalue weighted by Crippen LogP contribution is 2.40. The summed E-state index contributed by atoms with van der Waals surface area (Å²) in [5, 5.41) is 2.46. The number of anilines is 1. The molecular weight excluding hydrogens is 404 g/mol. The van der Waals surface area contributed by atoms with Gasteiger partial charge in [0, 0.05) is 18.2 Å². The van der Waals surface area contributed by atoms with Crippen molar-refractivity contribution < 1.29 is 22.7 Å². The summed E-state index contributed by atoms with van der Waals surface area (Å²) in [5.41, 5.74) is 0.557. The molecule has 2 unspecified atom stereocenters. The molecule has 2 aromatic rings. The molecule has 160 valence electrons. The van der Waals surface area contributed by atoms with Crippen LogP contribution in [0, 0.1) is 0 Å². The van der Waals surface area contributed by atoms with Gasteiger partial charge in [-0.25, -0.2) is 13.2 Å². The molecule has 2 atom stereocenters. The molecule has 1 N–H and O–H groups in total. The Bertz CT molecular complexity index is 1010. The van der Waals surface area contributed by atoms with E-state index in [1.165, 1.54) is 7.11 Å². The van der Waals surface area contributed by atoms with Crippen LogP contribution in [0.2, 0.25) is 0 Å². The van der Waals surface area contributed by atoms with E-state index in [-0.39, 0.29) is 18.1 Å². The highest BCUT2D eigenvalue weighted by molar-refractivity contribution is 7.92. The molecule has 2 aliphatic heterocycles. The maximum atomic E-state index is 13.1. The fourth-order valence-electron chi connectivity index (χ4n) is 4.60. The van der Waals surface area contributed by atoms with Crippen molar-refractivity contribution in [1.29, 1.82) is 0 Å². The maximum Gasteiger partial charge on any atom is 0.322 e. The van der Waals surface area contributed by atoms with E-state index < -0.39 is 15.1 Å². The summed E-state index contributed by atoms with van der Waals surface area (Å²) < 4.78 is 36.7. The number of ether oxygens (including phenoxy) is 2. The minimum atomic E-state index is -3.41. The molecule has 8 heteroatoms. The topological polar surface area (TPSA) is 84.9 Å². The number of carbonyl (C=O) groups is 1. The zero-order chi connectivity index (χ0) is 21.3. The van der Waals surface area contributed by atoms with E-state index in [9.17, 15) is 13.2 Å².